The molecule has 0 saturated carbocycles. The van der Waals surface area contributed by atoms with E-state index in [0.29, 0.717) is 0 Å². The van der Waals surface area contributed by atoms with E-state index in [-0.39, 0.29) is 11.1 Å². The second-order valence-electron chi connectivity index (χ2n) is 5.31. The van der Waals surface area contributed by atoms with Crippen LogP contribution in [0.4, 0.5) is 0 Å². The van der Waals surface area contributed by atoms with Gasteiger partial charge in [-0.1, -0.05) is 0 Å². The van der Waals surface area contributed by atoms with Gasteiger partial charge < -0.3 is 40.1 Å². The molecule has 2 aromatic rings. The molecule has 160 valence electrons. The summed E-state index contributed by atoms with van der Waals surface area (Å²) >= 11 is 0. The summed E-state index contributed by atoms with van der Waals surface area (Å²) in [5.74, 6) is -7.85. The minimum Gasteiger partial charge on any atom is -0.504 e. The van der Waals surface area contributed by atoms with Crippen LogP contribution in [0.1, 0.15) is 41.4 Å². The zero-order valence-electron chi connectivity index (χ0n) is 15.4. The van der Waals surface area contributed by atoms with Gasteiger partial charge in [0.05, 0.1) is 14.2 Å². The summed E-state index contributed by atoms with van der Waals surface area (Å²) in [5, 5.41) is 54.1. The van der Waals surface area contributed by atoms with Gasteiger partial charge in [0.1, 0.15) is 22.3 Å². The van der Waals surface area contributed by atoms with Crippen LogP contribution in [0.25, 0.3) is 0 Å². The zero-order valence-corrected chi connectivity index (χ0v) is 15.4. The van der Waals surface area contributed by atoms with Crippen LogP contribution in [0.3, 0.4) is 0 Å². The van der Waals surface area contributed by atoms with E-state index in [1.165, 1.54) is 0 Å². The van der Waals surface area contributed by atoms with Gasteiger partial charge in [-0.25, -0.2) is 19.2 Å². The third kappa shape index (κ3) is 4.86. The molecule has 2 rings (SSSR count). The SMILES string of the molecule is COC(=O)c1ccc(C(=O)OC)c(O)c1O.O=C(O)c1ccc(C(=O)O)c(O)c1O. The summed E-state index contributed by atoms with van der Waals surface area (Å²) in [6.07, 6.45) is 0. The Morgan fingerprint density at radius 3 is 1.03 bits per heavy atom. The lowest BCUT2D eigenvalue weighted by Crippen LogP contribution is -2.05. The molecule has 0 spiro atoms. The third-order valence-electron chi connectivity index (χ3n) is 3.57. The van der Waals surface area contributed by atoms with Crippen molar-refractivity contribution in [2.45, 2.75) is 0 Å². The molecule has 0 bridgehead atoms. The molecular weight excluding hydrogens is 408 g/mol. The lowest BCUT2D eigenvalue weighted by molar-refractivity contribution is 0.0580. The number of phenolic OH excluding ortho intramolecular Hbond substituents is 2. The van der Waals surface area contributed by atoms with Crippen LogP contribution in [0.15, 0.2) is 24.3 Å². The number of ether oxygens (including phenoxy) is 2. The molecule has 2 aromatic carbocycles. The average Bonchev–Trinajstić information content (AvgIpc) is 2.70. The highest BCUT2D eigenvalue weighted by molar-refractivity contribution is 5.99. The van der Waals surface area contributed by atoms with Crippen molar-refractivity contribution in [3.63, 3.8) is 0 Å². The van der Waals surface area contributed by atoms with Crippen molar-refractivity contribution < 1.29 is 59.3 Å². The van der Waals surface area contributed by atoms with E-state index < -0.39 is 58.0 Å². The van der Waals surface area contributed by atoms with Crippen molar-refractivity contribution in [3.8, 4) is 23.0 Å². The number of phenols is 4. The number of hydrogen-bond acceptors (Lipinski definition) is 10. The van der Waals surface area contributed by atoms with Crippen molar-refractivity contribution in [1.29, 1.82) is 0 Å². The molecule has 0 atom stereocenters. The first-order valence-corrected chi connectivity index (χ1v) is 7.70. The minimum absolute atomic E-state index is 0.229. The number of methoxy groups -OCH3 is 2. The van der Waals surface area contributed by atoms with E-state index in [2.05, 4.69) is 9.47 Å². The maximum Gasteiger partial charge on any atom is 0.341 e. The summed E-state index contributed by atoms with van der Waals surface area (Å²) in [4.78, 5) is 43.1. The van der Waals surface area contributed by atoms with Gasteiger partial charge in [0.15, 0.2) is 23.0 Å². The van der Waals surface area contributed by atoms with Crippen LogP contribution < -0.4 is 0 Å². The van der Waals surface area contributed by atoms with Crippen LogP contribution in [-0.4, -0.2) is 68.7 Å². The van der Waals surface area contributed by atoms with E-state index in [9.17, 15) is 29.4 Å². The fraction of sp³-hybridized carbons (Fsp3) is 0.111. The highest BCUT2D eigenvalue weighted by atomic mass is 16.5. The van der Waals surface area contributed by atoms with Crippen molar-refractivity contribution in [2.24, 2.45) is 0 Å². The van der Waals surface area contributed by atoms with Gasteiger partial charge in [-0.05, 0) is 24.3 Å². The first-order chi connectivity index (χ1) is 14.0. The average molecular weight is 424 g/mol. The highest BCUT2D eigenvalue weighted by Crippen LogP contribution is 2.33. The third-order valence-corrected chi connectivity index (χ3v) is 3.57. The van der Waals surface area contributed by atoms with E-state index in [0.717, 1.165) is 38.5 Å². The van der Waals surface area contributed by atoms with Crippen molar-refractivity contribution in [2.75, 3.05) is 14.2 Å². The Labute approximate surface area is 167 Å². The second-order valence-corrected chi connectivity index (χ2v) is 5.31. The quantitative estimate of drug-likeness (QED) is 0.302. The number of hydrogen-bond donors (Lipinski definition) is 6. The summed E-state index contributed by atoms with van der Waals surface area (Å²) < 4.78 is 8.75. The lowest BCUT2D eigenvalue weighted by Gasteiger charge is -2.07. The molecular formula is C18H16O12. The highest BCUT2D eigenvalue weighted by Gasteiger charge is 2.21. The Balaban J connectivity index is 0.000000303. The molecule has 0 radical (unpaired) electrons. The molecule has 0 aromatic heterocycles. The molecule has 12 heteroatoms. The van der Waals surface area contributed by atoms with Crippen LogP contribution in [0, 0.1) is 0 Å². The molecule has 12 nitrogen and oxygen atoms in total. The summed E-state index contributed by atoms with van der Waals surface area (Å²) in [6, 6.07) is 4.13. The number of esters is 2. The fourth-order valence-electron chi connectivity index (χ4n) is 2.05. The van der Waals surface area contributed by atoms with E-state index >= 15 is 0 Å². The fourth-order valence-corrected chi connectivity index (χ4v) is 2.05. The van der Waals surface area contributed by atoms with Crippen molar-refractivity contribution in [1.82, 2.24) is 0 Å². The Kier molecular flexibility index (Phi) is 7.57. The normalized spacial score (nSPS) is 9.67. The molecule has 0 aliphatic carbocycles. The number of aromatic hydroxyl groups is 4. The van der Waals surface area contributed by atoms with Gasteiger partial charge in [-0.2, -0.15) is 0 Å². The molecule has 0 aliphatic rings. The monoisotopic (exact) mass is 424 g/mol. The minimum atomic E-state index is -1.45. The molecule has 0 fully saturated rings. The Bertz CT molecular complexity index is 929. The number of carbonyl (C=O) groups is 4. The van der Waals surface area contributed by atoms with E-state index in [1.807, 2.05) is 0 Å². The summed E-state index contributed by atoms with van der Waals surface area (Å²) in [7, 11) is 2.26. The largest absolute Gasteiger partial charge is 0.504 e. The predicted molar refractivity (Wildman–Crippen MR) is 96.1 cm³/mol. The van der Waals surface area contributed by atoms with Gasteiger partial charge in [0.2, 0.25) is 0 Å². The summed E-state index contributed by atoms with van der Waals surface area (Å²) in [6.45, 7) is 0. The number of aromatic carboxylic acids is 2. The van der Waals surface area contributed by atoms with E-state index in [1.54, 1.807) is 0 Å². The number of carbonyl (C=O) groups excluding carboxylic acids is 2. The maximum absolute atomic E-state index is 11.1. The maximum atomic E-state index is 11.1. The van der Waals surface area contributed by atoms with Gasteiger partial charge in [0.25, 0.3) is 0 Å². The number of carboxylic acid groups (broad SMARTS) is 2. The second kappa shape index (κ2) is 9.64. The molecule has 6 N–H and O–H groups in total. The first kappa shape index (κ1) is 23.6. The standard InChI is InChI=1S/C10H10O6.C8H6O6/c1-15-9(13)5-3-4-6(10(14)16-2)8(12)7(5)11;9-5-3(7(11)12)1-2-4(6(5)10)8(13)14/h3-4,11-12H,1-2H3;1-2,9-10H,(H,11,12)(H,13,14). The Morgan fingerprint density at radius 2 is 0.800 bits per heavy atom. The van der Waals surface area contributed by atoms with Crippen LogP contribution >= 0.6 is 0 Å². The first-order valence-electron chi connectivity index (χ1n) is 7.70. The van der Waals surface area contributed by atoms with Gasteiger partial charge in [0, 0.05) is 0 Å². The van der Waals surface area contributed by atoms with Crippen molar-refractivity contribution in [3.05, 3.63) is 46.5 Å². The van der Waals surface area contributed by atoms with Crippen LogP contribution in [0.5, 0.6) is 23.0 Å². The van der Waals surface area contributed by atoms with Gasteiger partial charge in [-0.15, -0.1) is 0 Å². The number of carboxylic acids is 2. The molecule has 0 heterocycles. The number of rotatable bonds is 4. The van der Waals surface area contributed by atoms with Gasteiger partial charge in [-0.3, -0.25) is 0 Å². The van der Waals surface area contributed by atoms with Crippen molar-refractivity contribution >= 4 is 23.9 Å². The van der Waals surface area contributed by atoms with E-state index in [4.69, 9.17) is 20.4 Å². The number of benzene rings is 2. The molecule has 0 amide bonds. The molecule has 30 heavy (non-hydrogen) atoms. The van der Waals surface area contributed by atoms with Crippen LogP contribution in [0.2, 0.25) is 0 Å². The lowest BCUT2D eigenvalue weighted by atomic mass is 10.1. The molecule has 0 saturated heterocycles. The van der Waals surface area contributed by atoms with Crippen LogP contribution in [-0.2, 0) is 9.47 Å². The smallest absolute Gasteiger partial charge is 0.341 e. The topological polar surface area (TPSA) is 208 Å². The zero-order chi connectivity index (χ0) is 23.2. The predicted octanol–water partition coefficient (Wildman–Crippen LogP) is 1.17. The molecule has 0 aliphatic heterocycles. The summed E-state index contributed by atoms with van der Waals surface area (Å²) in [5.41, 5.74) is -1.56. The molecule has 0 unspecified atom stereocenters. The Hall–Kier alpha value is -4.48. The Morgan fingerprint density at radius 1 is 0.567 bits per heavy atom. The van der Waals surface area contributed by atoms with Gasteiger partial charge >= 0.3 is 23.9 Å².